The molecule has 32 heavy (non-hydrogen) atoms. The smallest absolute Gasteiger partial charge is 0.246 e. The van der Waals surface area contributed by atoms with E-state index in [4.69, 9.17) is 14.5 Å². The zero-order chi connectivity index (χ0) is 22.3. The second kappa shape index (κ2) is 10.5. The number of hydrogen-bond acceptors (Lipinski definition) is 4. The van der Waals surface area contributed by atoms with Crippen LogP contribution in [0.1, 0.15) is 30.0 Å². The molecule has 0 aromatic heterocycles. The van der Waals surface area contributed by atoms with Gasteiger partial charge in [-0.1, -0.05) is 30.3 Å². The molecule has 0 spiro atoms. The van der Waals surface area contributed by atoms with E-state index in [2.05, 4.69) is 41.8 Å². The van der Waals surface area contributed by atoms with Crippen LogP contribution in [0, 0.1) is 6.92 Å². The molecular weight excluding hydrogens is 404 g/mol. The normalized spacial score (nSPS) is 17.9. The number of carbonyl (C=O) groups is 1. The van der Waals surface area contributed by atoms with Crippen LogP contribution in [-0.4, -0.2) is 50.8 Å². The van der Waals surface area contributed by atoms with Gasteiger partial charge in [-0.15, -0.1) is 0 Å². The fraction of sp³-hybridized carbons (Fsp3) is 0.440. The third kappa shape index (κ3) is 5.40. The number of carbonyl (C=O) groups excluding carboxylic acids is 1. The SMILES string of the molecule is CCNC(=NCc1ccc(C)cc1OC1CCOC1)NCC(=O)N1CCc2ccccc21. The number of benzene rings is 2. The summed E-state index contributed by atoms with van der Waals surface area (Å²) < 4.78 is 11.6. The van der Waals surface area contributed by atoms with Gasteiger partial charge >= 0.3 is 0 Å². The van der Waals surface area contributed by atoms with Crippen LogP contribution in [0.3, 0.4) is 0 Å². The Kier molecular flexibility index (Phi) is 7.27. The molecule has 2 N–H and O–H groups in total. The van der Waals surface area contributed by atoms with Crippen molar-refractivity contribution >= 4 is 17.6 Å². The molecule has 170 valence electrons. The molecule has 1 amide bonds. The van der Waals surface area contributed by atoms with Gasteiger partial charge in [0, 0.05) is 30.8 Å². The van der Waals surface area contributed by atoms with E-state index >= 15 is 0 Å². The maximum atomic E-state index is 12.8. The van der Waals surface area contributed by atoms with Crippen molar-refractivity contribution in [2.75, 3.05) is 37.7 Å². The molecule has 2 aromatic rings. The summed E-state index contributed by atoms with van der Waals surface area (Å²) in [5.41, 5.74) is 4.40. The van der Waals surface area contributed by atoms with Gasteiger partial charge < -0.3 is 25.0 Å². The highest BCUT2D eigenvalue weighted by Gasteiger charge is 2.24. The molecule has 7 nitrogen and oxygen atoms in total. The molecule has 0 aliphatic carbocycles. The largest absolute Gasteiger partial charge is 0.488 e. The van der Waals surface area contributed by atoms with E-state index in [0.29, 0.717) is 25.7 Å². The van der Waals surface area contributed by atoms with Crippen LogP contribution in [0.15, 0.2) is 47.5 Å². The molecule has 1 atom stereocenters. The minimum absolute atomic E-state index is 0.0427. The topological polar surface area (TPSA) is 75.2 Å². The Bertz CT molecular complexity index is 969. The molecule has 0 radical (unpaired) electrons. The maximum Gasteiger partial charge on any atom is 0.246 e. The van der Waals surface area contributed by atoms with Crippen molar-refractivity contribution in [2.45, 2.75) is 39.3 Å². The van der Waals surface area contributed by atoms with Crippen LogP contribution in [0.25, 0.3) is 0 Å². The number of nitrogens with zero attached hydrogens (tertiary/aromatic N) is 2. The second-order valence-electron chi connectivity index (χ2n) is 8.19. The summed E-state index contributed by atoms with van der Waals surface area (Å²) in [4.78, 5) is 19.4. The lowest BCUT2D eigenvalue weighted by Gasteiger charge is -2.19. The number of amides is 1. The van der Waals surface area contributed by atoms with E-state index in [-0.39, 0.29) is 18.6 Å². The van der Waals surface area contributed by atoms with Crippen LogP contribution in [0.2, 0.25) is 0 Å². The van der Waals surface area contributed by atoms with Crippen molar-refractivity contribution in [3.63, 3.8) is 0 Å². The molecule has 2 heterocycles. The Morgan fingerprint density at radius 2 is 2.12 bits per heavy atom. The number of nitrogens with one attached hydrogen (secondary N) is 2. The lowest BCUT2D eigenvalue weighted by atomic mass is 10.1. The van der Waals surface area contributed by atoms with Crippen molar-refractivity contribution in [1.82, 2.24) is 10.6 Å². The highest BCUT2D eigenvalue weighted by atomic mass is 16.5. The lowest BCUT2D eigenvalue weighted by molar-refractivity contribution is -0.117. The molecule has 0 bridgehead atoms. The third-order valence-corrected chi connectivity index (χ3v) is 5.75. The summed E-state index contributed by atoms with van der Waals surface area (Å²) in [6, 6.07) is 14.3. The fourth-order valence-corrected chi connectivity index (χ4v) is 4.05. The summed E-state index contributed by atoms with van der Waals surface area (Å²) in [7, 11) is 0. The number of hydrogen-bond donors (Lipinski definition) is 2. The predicted octanol–water partition coefficient (Wildman–Crippen LogP) is 2.81. The van der Waals surface area contributed by atoms with Gasteiger partial charge in [0.1, 0.15) is 11.9 Å². The molecule has 2 aliphatic heterocycles. The van der Waals surface area contributed by atoms with E-state index in [1.165, 1.54) is 5.56 Å². The lowest BCUT2D eigenvalue weighted by Crippen LogP contribution is -2.44. The number of para-hydroxylation sites is 1. The minimum Gasteiger partial charge on any atom is -0.488 e. The van der Waals surface area contributed by atoms with Gasteiger partial charge in [0.2, 0.25) is 5.91 Å². The van der Waals surface area contributed by atoms with Gasteiger partial charge in [0.15, 0.2) is 5.96 Å². The molecule has 0 saturated carbocycles. The summed E-state index contributed by atoms with van der Waals surface area (Å²) in [5, 5.41) is 6.42. The van der Waals surface area contributed by atoms with Crippen molar-refractivity contribution in [2.24, 2.45) is 4.99 Å². The first-order chi connectivity index (χ1) is 15.6. The average molecular weight is 437 g/mol. The van der Waals surface area contributed by atoms with Crippen molar-refractivity contribution < 1.29 is 14.3 Å². The predicted molar refractivity (Wildman–Crippen MR) is 126 cm³/mol. The third-order valence-electron chi connectivity index (χ3n) is 5.75. The Hall–Kier alpha value is -3.06. The molecule has 1 saturated heterocycles. The number of ether oxygens (including phenoxy) is 2. The first kappa shape index (κ1) is 22.1. The van der Waals surface area contributed by atoms with E-state index in [9.17, 15) is 4.79 Å². The summed E-state index contributed by atoms with van der Waals surface area (Å²) in [5.74, 6) is 1.51. The molecular formula is C25H32N4O3. The Balaban J connectivity index is 1.40. The number of guanidine groups is 1. The Morgan fingerprint density at radius 3 is 2.94 bits per heavy atom. The summed E-state index contributed by atoms with van der Waals surface area (Å²) in [6.07, 6.45) is 1.90. The van der Waals surface area contributed by atoms with Gasteiger partial charge in [-0.05, 0) is 43.5 Å². The van der Waals surface area contributed by atoms with Crippen LogP contribution < -0.4 is 20.3 Å². The molecule has 7 heteroatoms. The van der Waals surface area contributed by atoms with Crippen molar-refractivity contribution in [3.05, 3.63) is 59.2 Å². The zero-order valence-electron chi connectivity index (χ0n) is 18.9. The number of aryl methyl sites for hydroxylation is 1. The van der Waals surface area contributed by atoms with Crippen LogP contribution in [0.4, 0.5) is 5.69 Å². The monoisotopic (exact) mass is 436 g/mol. The van der Waals surface area contributed by atoms with E-state index in [0.717, 1.165) is 48.6 Å². The quantitative estimate of drug-likeness (QED) is 0.516. The van der Waals surface area contributed by atoms with Gasteiger partial charge in [-0.2, -0.15) is 0 Å². The standard InChI is InChI=1S/C25H32N4O3/c1-3-26-25(28-16-24(30)29-12-10-19-6-4-5-7-22(19)29)27-15-20-9-8-18(2)14-23(20)32-21-11-13-31-17-21/h4-9,14,21H,3,10-13,15-17H2,1-2H3,(H2,26,27,28). The van der Waals surface area contributed by atoms with Gasteiger partial charge in [0.05, 0.1) is 26.3 Å². The van der Waals surface area contributed by atoms with Gasteiger partial charge in [0.25, 0.3) is 0 Å². The van der Waals surface area contributed by atoms with E-state index in [1.54, 1.807) is 0 Å². The first-order valence-electron chi connectivity index (χ1n) is 11.4. The highest BCUT2D eigenvalue weighted by molar-refractivity contribution is 5.98. The molecule has 1 fully saturated rings. The van der Waals surface area contributed by atoms with Crippen LogP contribution in [0.5, 0.6) is 5.75 Å². The highest BCUT2D eigenvalue weighted by Crippen LogP contribution is 2.27. The maximum absolute atomic E-state index is 12.8. The van der Waals surface area contributed by atoms with Crippen molar-refractivity contribution in [3.8, 4) is 5.75 Å². The van der Waals surface area contributed by atoms with E-state index in [1.807, 2.05) is 30.0 Å². The number of rotatable bonds is 7. The number of anilines is 1. The van der Waals surface area contributed by atoms with Gasteiger partial charge in [-0.25, -0.2) is 4.99 Å². The summed E-state index contributed by atoms with van der Waals surface area (Å²) in [6.45, 7) is 7.52. The second-order valence-corrected chi connectivity index (χ2v) is 8.19. The fourth-order valence-electron chi connectivity index (χ4n) is 4.05. The average Bonchev–Trinajstić information content (AvgIpc) is 3.46. The Labute approximate surface area is 189 Å². The molecule has 2 aromatic carbocycles. The Morgan fingerprint density at radius 1 is 1.25 bits per heavy atom. The zero-order valence-corrected chi connectivity index (χ0v) is 18.9. The molecule has 1 unspecified atom stereocenters. The number of aliphatic imine (C=N–C) groups is 1. The van der Waals surface area contributed by atoms with Crippen molar-refractivity contribution in [1.29, 1.82) is 0 Å². The number of fused-ring (bicyclic) bond motifs is 1. The molecule has 2 aliphatic rings. The van der Waals surface area contributed by atoms with Crippen LogP contribution >= 0.6 is 0 Å². The summed E-state index contributed by atoms with van der Waals surface area (Å²) >= 11 is 0. The van der Waals surface area contributed by atoms with Crippen LogP contribution in [-0.2, 0) is 22.5 Å². The minimum atomic E-state index is 0.0427. The van der Waals surface area contributed by atoms with E-state index < -0.39 is 0 Å². The van der Waals surface area contributed by atoms with Gasteiger partial charge in [-0.3, -0.25) is 4.79 Å². The molecule has 4 rings (SSSR count). The first-order valence-corrected chi connectivity index (χ1v) is 11.4.